The third-order valence-corrected chi connectivity index (χ3v) is 5.59. The molecule has 2 aromatic carbocycles. The molecule has 0 saturated carbocycles. The third kappa shape index (κ3) is 7.51. The Kier molecular flexibility index (Phi) is 8.64. The molecule has 0 amide bonds. The summed E-state index contributed by atoms with van der Waals surface area (Å²) in [5.74, 6) is 0.688. The first-order valence-electron chi connectivity index (χ1n) is 10.5. The quantitative estimate of drug-likeness (QED) is 0.324. The van der Waals surface area contributed by atoms with E-state index in [-0.39, 0.29) is 0 Å². The fourth-order valence-corrected chi connectivity index (χ4v) is 3.83. The molecule has 1 unspecified atom stereocenters. The number of rotatable bonds is 10. The fourth-order valence-electron chi connectivity index (χ4n) is 3.04. The summed E-state index contributed by atoms with van der Waals surface area (Å²) in [6.07, 6.45) is 0. The molecule has 31 heavy (non-hydrogen) atoms. The Bertz CT molecular complexity index is 923. The lowest BCUT2D eigenvalue weighted by molar-refractivity contribution is 0.0621. The lowest BCUT2D eigenvalue weighted by Crippen LogP contribution is -2.44. The predicted molar refractivity (Wildman–Crippen MR) is 128 cm³/mol. The molecule has 0 aliphatic heterocycles. The van der Waals surface area contributed by atoms with Gasteiger partial charge in [0.25, 0.3) is 0 Å². The highest BCUT2D eigenvalue weighted by atomic mass is 32.1. The van der Waals surface area contributed by atoms with Crippen molar-refractivity contribution in [2.24, 2.45) is 4.99 Å². The van der Waals surface area contributed by atoms with Gasteiger partial charge in [-0.25, -0.2) is 4.99 Å². The topological polar surface area (TPSA) is 65.9 Å². The third-order valence-electron chi connectivity index (χ3n) is 4.91. The molecule has 164 valence electrons. The van der Waals surface area contributed by atoms with Crippen LogP contribution in [-0.4, -0.2) is 24.2 Å². The van der Waals surface area contributed by atoms with Crippen molar-refractivity contribution in [3.8, 4) is 0 Å². The van der Waals surface area contributed by atoms with Gasteiger partial charge < -0.3 is 20.5 Å². The Morgan fingerprint density at radius 2 is 1.65 bits per heavy atom. The van der Waals surface area contributed by atoms with Crippen molar-refractivity contribution >= 4 is 17.3 Å². The molecule has 0 fully saturated rings. The van der Waals surface area contributed by atoms with E-state index in [1.165, 1.54) is 5.56 Å². The van der Waals surface area contributed by atoms with Crippen LogP contribution in [0.5, 0.6) is 0 Å². The van der Waals surface area contributed by atoms with Crippen LogP contribution in [0.3, 0.4) is 0 Å². The normalized spacial score (nSPS) is 13.6. The molecule has 0 aliphatic carbocycles. The molecular weight excluding hydrogens is 406 g/mol. The van der Waals surface area contributed by atoms with E-state index >= 15 is 0 Å². The van der Waals surface area contributed by atoms with Crippen LogP contribution in [0.2, 0.25) is 0 Å². The first-order chi connectivity index (χ1) is 15.1. The van der Waals surface area contributed by atoms with Crippen LogP contribution in [0.15, 0.2) is 76.4 Å². The van der Waals surface area contributed by atoms with Crippen LogP contribution in [0.1, 0.15) is 36.1 Å². The number of thiophene rings is 1. The highest BCUT2D eigenvalue weighted by molar-refractivity contribution is 7.08. The number of nitrogens with one attached hydrogen (secondary N) is 2. The van der Waals surface area contributed by atoms with Crippen molar-refractivity contribution < 1.29 is 9.84 Å². The molecule has 0 radical (unpaired) electrons. The molecule has 1 atom stereocenters. The number of guanidine groups is 1. The van der Waals surface area contributed by atoms with Gasteiger partial charge in [0, 0.05) is 6.54 Å². The number of hydrogen-bond acceptors (Lipinski definition) is 4. The molecule has 0 bridgehead atoms. The van der Waals surface area contributed by atoms with E-state index < -0.39 is 5.60 Å². The summed E-state index contributed by atoms with van der Waals surface area (Å²) < 4.78 is 5.80. The Hall–Kier alpha value is -2.67. The smallest absolute Gasteiger partial charge is 0.191 e. The van der Waals surface area contributed by atoms with Gasteiger partial charge in [-0.3, -0.25) is 0 Å². The van der Waals surface area contributed by atoms with Crippen molar-refractivity contribution in [1.29, 1.82) is 0 Å². The second kappa shape index (κ2) is 11.6. The standard InChI is InChI=1S/C25H31N3O2S/c1-3-26-24(28-19-25(2,29)23-13-14-31-18-23)27-15-20-9-11-22(12-10-20)17-30-16-21-7-5-4-6-8-21/h4-14,18,29H,3,15-17,19H2,1-2H3,(H2,26,27,28). The maximum absolute atomic E-state index is 10.7. The van der Waals surface area contributed by atoms with Crippen LogP contribution < -0.4 is 10.6 Å². The molecule has 6 heteroatoms. The SMILES string of the molecule is CCNC(=NCc1ccc(COCc2ccccc2)cc1)NCC(C)(O)c1ccsc1. The van der Waals surface area contributed by atoms with E-state index in [1.807, 2.05) is 48.9 Å². The Balaban J connectivity index is 1.49. The van der Waals surface area contributed by atoms with Gasteiger partial charge in [0.2, 0.25) is 0 Å². The number of ether oxygens (including phenoxy) is 1. The Labute approximate surface area is 188 Å². The zero-order chi connectivity index (χ0) is 21.9. The molecule has 3 rings (SSSR count). The Morgan fingerprint density at radius 3 is 2.29 bits per heavy atom. The van der Waals surface area contributed by atoms with Crippen LogP contribution >= 0.6 is 11.3 Å². The van der Waals surface area contributed by atoms with Crippen molar-refractivity contribution in [2.75, 3.05) is 13.1 Å². The van der Waals surface area contributed by atoms with Gasteiger partial charge in [0.15, 0.2) is 5.96 Å². The van der Waals surface area contributed by atoms with Gasteiger partial charge in [-0.15, -0.1) is 0 Å². The summed E-state index contributed by atoms with van der Waals surface area (Å²) >= 11 is 1.58. The van der Waals surface area contributed by atoms with Crippen LogP contribution in [-0.2, 0) is 30.1 Å². The summed E-state index contributed by atoms with van der Waals surface area (Å²) in [5.41, 5.74) is 3.40. The number of benzene rings is 2. The summed E-state index contributed by atoms with van der Waals surface area (Å²) in [7, 11) is 0. The predicted octanol–water partition coefficient (Wildman–Crippen LogP) is 4.43. The van der Waals surface area contributed by atoms with Crippen molar-refractivity contribution in [2.45, 2.75) is 39.2 Å². The zero-order valence-corrected chi connectivity index (χ0v) is 19.0. The summed E-state index contributed by atoms with van der Waals surface area (Å²) in [4.78, 5) is 4.65. The number of hydrogen-bond donors (Lipinski definition) is 3. The molecule has 3 aromatic rings. The average molecular weight is 438 g/mol. The zero-order valence-electron chi connectivity index (χ0n) is 18.2. The van der Waals surface area contributed by atoms with E-state index in [0.29, 0.717) is 32.3 Å². The first kappa shape index (κ1) is 23.0. The monoisotopic (exact) mass is 437 g/mol. The van der Waals surface area contributed by atoms with Gasteiger partial charge in [-0.2, -0.15) is 11.3 Å². The van der Waals surface area contributed by atoms with E-state index in [9.17, 15) is 5.11 Å². The summed E-state index contributed by atoms with van der Waals surface area (Å²) in [6, 6.07) is 20.4. The van der Waals surface area contributed by atoms with E-state index in [2.05, 4.69) is 52.0 Å². The fraction of sp³-hybridized carbons (Fsp3) is 0.320. The number of aliphatic imine (C=N–C) groups is 1. The van der Waals surface area contributed by atoms with Gasteiger partial charge in [-0.05, 0) is 52.9 Å². The maximum Gasteiger partial charge on any atom is 0.191 e. The molecule has 3 N–H and O–H groups in total. The minimum atomic E-state index is -0.947. The molecule has 5 nitrogen and oxygen atoms in total. The minimum absolute atomic E-state index is 0.382. The molecule has 0 saturated heterocycles. The largest absolute Gasteiger partial charge is 0.384 e. The first-order valence-corrected chi connectivity index (χ1v) is 11.5. The molecular formula is C25H31N3O2S. The van der Waals surface area contributed by atoms with Crippen LogP contribution in [0, 0.1) is 0 Å². The van der Waals surface area contributed by atoms with Gasteiger partial charge in [0.05, 0.1) is 26.3 Å². The molecule has 1 aromatic heterocycles. The lowest BCUT2D eigenvalue weighted by Gasteiger charge is -2.24. The second-order valence-corrected chi connectivity index (χ2v) is 8.41. The highest BCUT2D eigenvalue weighted by Crippen LogP contribution is 2.22. The van der Waals surface area contributed by atoms with Crippen LogP contribution in [0.25, 0.3) is 0 Å². The summed E-state index contributed by atoms with van der Waals surface area (Å²) in [6.45, 7) is 6.72. The van der Waals surface area contributed by atoms with E-state index in [0.717, 1.165) is 23.2 Å². The molecule has 0 aliphatic rings. The maximum atomic E-state index is 10.7. The van der Waals surface area contributed by atoms with Gasteiger partial charge in [-0.1, -0.05) is 54.6 Å². The van der Waals surface area contributed by atoms with Crippen molar-refractivity contribution in [3.05, 3.63) is 93.7 Å². The highest BCUT2D eigenvalue weighted by Gasteiger charge is 2.23. The average Bonchev–Trinajstić information content (AvgIpc) is 3.34. The van der Waals surface area contributed by atoms with E-state index in [1.54, 1.807) is 11.3 Å². The number of nitrogens with zero attached hydrogens (tertiary/aromatic N) is 1. The molecule has 0 spiro atoms. The molecule has 1 heterocycles. The minimum Gasteiger partial charge on any atom is -0.384 e. The summed E-state index contributed by atoms with van der Waals surface area (Å²) in [5, 5.41) is 21.1. The van der Waals surface area contributed by atoms with Crippen LogP contribution in [0.4, 0.5) is 0 Å². The van der Waals surface area contributed by atoms with Gasteiger partial charge >= 0.3 is 0 Å². The van der Waals surface area contributed by atoms with Crippen molar-refractivity contribution in [3.63, 3.8) is 0 Å². The Morgan fingerprint density at radius 1 is 0.968 bits per heavy atom. The van der Waals surface area contributed by atoms with Gasteiger partial charge in [0.1, 0.15) is 5.60 Å². The van der Waals surface area contributed by atoms with E-state index in [4.69, 9.17) is 4.74 Å². The van der Waals surface area contributed by atoms with Crippen molar-refractivity contribution in [1.82, 2.24) is 10.6 Å². The number of aliphatic hydroxyl groups is 1. The second-order valence-electron chi connectivity index (χ2n) is 7.63. The lowest BCUT2D eigenvalue weighted by atomic mass is 9.99.